The molecule has 156 valence electrons. The molecule has 31 heavy (non-hydrogen) atoms. The summed E-state index contributed by atoms with van der Waals surface area (Å²) in [6, 6.07) is 15.2. The number of aromatic carboxylic acids is 1. The number of imide groups is 1. The Balaban J connectivity index is 1.68. The van der Waals surface area contributed by atoms with Crippen LogP contribution in [-0.2, 0) is 9.59 Å². The molecular formula is C24H19ClN2O4. The summed E-state index contributed by atoms with van der Waals surface area (Å²) >= 11 is 6.01. The van der Waals surface area contributed by atoms with E-state index < -0.39 is 5.97 Å². The average Bonchev–Trinajstić information content (AvgIpc) is 3.16. The molecule has 1 aromatic heterocycles. The number of aryl methyl sites for hydroxylation is 1. The lowest BCUT2D eigenvalue weighted by Crippen LogP contribution is -2.28. The van der Waals surface area contributed by atoms with Crippen LogP contribution in [0.3, 0.4) is 0 Å². The number of carboxylic acids is 1. The van der Waals surface area contributed by atoms with Crippen molar-refractivity contribution in [1.82, 2.24) is 4.57 Å². The number of carbonyl (C=O) groups excluding carboxylic acids is 2. The fraction of sp³-hybridized carbons (Fsp3) is 0.125. The Hall–Kier alpha value is -3.64. The number of hydrogen-bond acceptors (Lipinski definition) is 3. The van der Waals surface area contributed by atoms with Gasteiger partial charge in [0.05, 0.1) is 17.7 Å². The average molecular weight is 435 g/mol. The molecule has 0 spiro atoms. The lowest BCUT2D eigenvalue weighted by Gasteiger charge is -2.13. The molecule has 1 aliphatic rings. The number of anilines is 1. The van der Waals surface area contributed by atoms with Gasteiger partial charge in [0.25, 0.3) is 5.91 Å². The van der Waals surface area contributed by atoms with Gasteiger partial charge >= 0.3 is 5.97 Å². The lowest BCUT2D eigenvalue weighted by atomic mass is 10.1. The first-order valence-corrected chi connectivity index (χ1v) is 10.00. The smallest absolute Gasteiger partial charge is 0.335 e. The predicted octanol–water partition coefficient (Wildman–Crippen LogP) is 4.79. The van der Waals surface area contributed by atoms with Crippen molar-refractivity contribution in [3.05, 3.63) is 87.7 Å². The summed E-state index contributed by atoms with van der Waals surface area (Å²) in [5.74, 6) is -1.63. The highest BCUT2D eigenvalue weighted by Crippen LogP contribution is 2.30. The molecule has 1 N–H and O–H groups in total. The lowest BCUT2D eigenvalue weighted by molar-refractivity contribution is -0.120. The molecule has 2 aromatic carbocycles. The van der Waals surface area contributed by atoms with Crippen molar-refractivity contribution in [3.63, 3.8) is 0 Å². The van der Waals surface area contributed by atoms with Crippen LogP contribution in [-0.4, -0.2) is 27.5 Å². The number of nitrogens with zero attached hydrogens (tertiary/aromatic N) is 2. The normalized spacial score (nSPS) is 15.2. The first kappa shape index (κ1) is 20.6. The molecule has 4 rings (SSSR count). The van der Waals surface area contributed by atoms with Gasteiger partial charge in [-0.05, 0) is 74.0 Å². The van der Waals surface area contributed by atoms with E-state index in [1.807, 2.05) is 24.5 Å². The molecule has 0 aliphatic carbocycles. The SMILES string of the molecule is Cc1cc(C=C2CC(=O)N(c3cccc(Cl)c3)C2=O)c(C)n1-c1ccc(C(=O)O)cc1. The standard InChI is InChI=1S/C24H19ClN2O4/c1-14-10-17(15(2)26(14)20-8-6-16(7-9-20)24(30)31)11-18-12-22(28)27(23(18)29)21-5-3-4-19(25)13-21/h3-11,13H,12H2,1-2H3,(H,30,31). The molecule has 0 saturated carbocycles. The number of aromatic nitrogens is 1. The third kappa shape index (κ3) is 3.78. The van der Waals surface area contributed by atoms with E-state index in [9.17, 15) is 14.4 Å². The summed E-state index contributed by atoms with van der Waals surface area (Å²) in [5.41, 5.74) is 4.53. The molecule has 6 nitrogen and oxygen atoms in total. The molecule has 0 atom stereocenters. The third-order valence-corrected chi connectivity index (χ3v) is 5.54. The molecule has 3 aromatic rings. The van der Waals surface area contributed by atoms with E-state index in [1.165, 1.54) is 0 Å². The van der Waals surface area contributed by atoms with Gasteiger partial charge in [0.15, 0.2) is 0 Å². The van der Waals surface area contributed by atoms with Crippen molar-refractivity contribution in [1.29, 1.82) is 0 Å². The zero-order valence-corrected chi connectivity index (χ0v) is 17.7. The number of amides is 2. The number of rotatable bonds is 4. The van der Waals surface area contributed by atoms with Crippen molar-refractivity contribution in [3.8, 4) is 5.69 Å². The van der Waals surface area contributed by atoms with Crippen LogP contribution in [0.25, 0.3) is 11.8 Å². The molecule has 7 heteroatoms. The molecule has 0 bridgehead atoms. The second kappa shape index (κ2) is 7.89. The van der Waals surface area contributed by atoms with Gasteiger partial charge in [-0.3, -0.25) is 9.59 Å². The summed E-state index contributed by atoms with van der Waals surface area (Å²) in [6.07, 6.45) is 1.76. The predicted molar refractivity (Wildman–Crippen MR) is 119 cm³/mol. The van der Waals surface area contributed by atoms with Crippen molar-refractivity contribution >= 4 is 41.1 Å². The van der Waals surface area contributed by atoms with Gasteiger partial charge in [0.2, 0.25) is 5.91 Å². The van der Waals surface area contributed by atoms with Crippen molar-refractivity contribution in [2.24, 2.45) is 0 Å². The molecule has 2 heterocycles. The highest BCUT2D eigenvalue weighted by atomic mass is 35.5. The number of benzene rings is 2. The highest BCUT2D eigenvalue weighted by Gasteiger charge is 2.35. The van der Waals surface area contributed by atoms with Crippen LogP contribution >= 0.6 is 11.6 Å². The molecule has 1 saturated heterocycles. The monoisotopic (exact) mass is 434 g/mol. The number of halogens is 1. The van der Waals surface area contributed by atoms with Crippen LogP contribution in [0.1, 0.15) is 33.7 Å². The van der Waals surface area contributed by atoms with E-state index in [4.69, 9.17) is 16.7 Å². The van der Waals surface area contributed by atoms with Crippen LogP contribution in [0.2, 0.25) is 5.02 Å². The summed E-state index contributed by atoms with van der Waals surface area (Å²) in [4.78, 5) is 37.7. The molecule has 1 fully saturated rings. The van der Waals surface area contributed by atoms with Gasteiger partial charge in [-0.2, -0.15) is 0 Å². The summed E-state index contributed by atoms with van der Waals surface area (Å²) in [7, 11) is 0. The highest BCUT2D eigenvalue weighted by molar-refractivity contribution is 6.32. The number of carbonyl (C=O) groups is 3. The van der Waals surface area contributed by atoms with Gasteiger partial charge in [0, 0.05) is 27.7 Å². The van der Waals surface area contributed by atoms with Gasteiger partial charge < -0.3 is 9.67 Å². The van der Waals surface area contributed by atoms with E-state index >= 15 is 0 Å². The largest absolute Gasteiger partial charge is 0.478 e. The molecule has 2 amide bonds. The summed E-state index contributed by atoms with van der Waals surface area (Å²) in [5, 5.41) is 9.55. The van der Waals surface area contributed by atoms with E-state index in [-0.39, 0.29) is 23.8 Å². The molecule has 0 unspecified atom stereocenters. The van der Waals surface area contributed by atoms with Crippen LogP contribution in [0.15, 0.2) is 60.2 Å². The van der Waals surface area contributed by atoms with Crippen LogP contribution in [0.5, 0.6) is 0 Å². The second-order valence-electron chi connectivity index (χ2n) is 7.37. The third-order valence-electron chi connectivity index (χ3n) is 5.31. The first-order valence-electron chi connectivity index (χ1n) is 9.62. The maximum absolute atomic E-state index is 12.9. The Morgan fingerprint density at radius 1 is 1.03 bits per heavy atom. The van der Waals surface area contributed by atoms with Gasteiger partial charge in [-0.25, -0.2) is 9.69 Å². The minimum atomic E-state index is -0.980. The van der Waals surface area contributed by atoms with E-state index in [2.05, 4.69) is 0 Å². The van der Waals surface area contributed by atoms with E-state index in [1.54, 1.807) is 54.6 Å². The summed E-state index contributed by atoms with van der Waals surface area (Å²) < 4.78 is 1.98. The zero-order valence-electron chi connectivity index (χ0n) is 16.9. The molecule has 0 radical (unpaired) electrons. The minimum absolute atomic E-state index is 0.0162. The van der Waals surface area contributed by atoms with Crippen LogP contribution in [0, 0.1) is 13.8 Å². The van der Waals surface area contributed by atoms with Crippen LogP contribution < -0.4 is 4.90 Å². The second-order valence-corrected chi connectivity index (χ2v) is 7.81. The Labute approximate surface area is 184 Å². The number of hydrogen-bond donors (Lipinski definition) is 1. The molecular weight excluding hydrogens is 416 g/mol. The van der Waals surface area contributed by atoms with Gasteiger partial charge in [-0.15, -0.1) is 0 Å². The Bertz CT molecular complexity index is 1260. The Morgan fingerprint density at radius 2 is 1.74 bits per heavy atom. The minimum Gasteiger partial charge on any atom is -0.478 e. The van der Waals surface area contributed by atoms with Gasteiger partial charge in [0.1, 0.15) is 0 Å². The quantitative estimate of drug-likeness (QED) is 0.473. The topological polar surface area (TPSA) is 79.6 Å². The van der Waals surface area contributed by atoms with Gasteiger partial charge in [-0.1, -0.05) is 17.7 Å². The fourth-order valence-electron chi connectivity index (χ4n) is 3.84. The van der Waals surface area contributed by atoms with Crippen molar-refractivity contribution < 1.29 is 19.5 Å². The fourth-order valence-corrected chi connectivity index (χ4v) is 4.02. The summed E-state index contributed by atoms with van der Waals surface area (Å²) in [6.45, 7) is 3.85. The Kier molecular flexibility index (Phi) is 5.25. The zero-order chi connectivity index (χ0) is 22.3. The number of carboxylic acid groups (broad SMARTS) is 1. The van der Waals surface area contributed by atoms with Crippen molar-refractivity contribution in [2.45, 2.75) is 20.3 Å². The van der Waals surface area contributed by atoms with E-state index in [0.717, 1.165) is 27.5 Å². The Morgan fingerprint density at radius 3 is 2.39 bits per heavy atom. The maximum atomic E-state index is 12.9. The molecule has 1 aliphatic heterocycles. The first-order chi connectivity index (χ1) is 14.8. The van der Waals surface area contributed by atoms with E-state index in [0.29, 0.717) is 16.3 Å². The van der Waals surface area contributed by atoms with Crippen molar-refractivity contribution in [2.75, 3.05) is 4.90 Å². The maximum Gasteiger partial charge on any atom is 0.335 e. The van der Waals surface area contributed by atoms with Crippen LogP contribution in [0.4, 0.5) is 5.69 Å².